The molecule has 0 heterocycles. The minimum atomic E-state index is -0.196. The van der Waals surface area contributed by atoms with E-state index in [1.807, 2.05) is 36.4 Å². The van der Waals surface area contributed by atoms with Crippen molar-refractivity contribution in [2.75, 3.05) is 27.7 Å². The third kappa shape index (κ3) is 6.67. The van der Waals surface area contributed by atoms with E-state index in [2.05, 4.69) is 15.6 Å². The maximum absolute atomic E-state index is 13.5. The molecule has 0 spiro atoms. The van der Waals surface area contributed by atoms with Gasteiger partial charge in [0, 0.05) is 45.2 Å². The fourth-order valence-corrected chi connectivity index (χ4v) is 4.28. The topological polar surface area (TPSA) is 56.7 Å². The van der Waals surface area contributed by atoms with Gasteiger partial charge in [-0.1, -0.05) is 43.5 Å². The Balaban J connectivity index is 0.00000363. The fourth-order valence-electron chi connectivity index (χ4n) is 4.28. The molecule has 1 aliphatic rings. The average molecular weight is 552 g/mol. The number of nitrogens with one attached hydrogen (secondary N) is 2. The summed E-state index contributed by atoms with van der Waals surface area (Å²) in [5, 5.41) is 6.85. The Morgan fingerprint density at radius 2 is 1.62 bits per heavy atom. The number of guanidine groups is 1. The number of carbonyl (C=O) groups is 1. The molecule has 5 nitrogen and oxygen atoms in total. The lowest BCUT2D eigenvalue weighted by molar-refractivity contribution is 0.0827. The minimum Gasteiger partial charge on any atom is -0.356 e. The van der Waals surface area contributed by atoms with Crippen LogP contribution >= 0.6 is 24.0 Å². The summed E-state index contributed by atoms with van der Waals surface area (Å²) in [7, 11) is 5.26. The van der Waals surface area contributed by atoms with Gasteiger partial charge in [-0.05, 0) is 48.2 Å². The van der Waals surface area contributed by atoms with Gasteiger partial charge >= 0.3 is 0 Å². The smallest absolute Gasteiger partial charge is 0.253 e. The standard InChI is InChI=1S/C25H33FN4O.HI/c1-27-24(28-17-19-7-9-20(10-8-19)23(31)30(2)3)29-18-25(15-5-4-6-16-25)21-11-13-22(26)14-12-21;/h7-14H,4-6,15-18H2,1-3H3,(H2,27,28,29);1H. The molecule has 3 rings (SSSR count). The van der Waals surface area contributed by atoms with Gasteiger partial charge in [0.15, 0.2) is 5.96 Å². The second-order valence-corrected chi connectivity index (χ2v) is 8.52. The number of carbonyl (C=O) groups excluding carboxylic acids is 1. The van der Waals surface area contributed by atoms with Crippen LogP contribution in [0, 0.1) is 5.82 Å². The zero-order valence-electron chi connectivity index (χ0n) is 19.2. The van der Waals surface area contributed by atoms with E-state index >= 15 is 0 Å². The van der Waals surface area contributed by atoms with Crippen molar-refractivity contribution in [2.24, 2.45) is 4.99 Å². The van der Waals surface area contributed by atoms with Gasteiger partial charge in [0.1, 0.15) is 5.82 Å². The van der Waals surface area contributed by atoms with Crippen LogP contribution in [0.2, 0.25) is 0 Å². The molecule has 0 bridgehead atoms. The summed E-state index contributed by atoms with van der Waals surface area (Å²) in [6.07, 6.45) is 5.79. The first kappa shape index (κ1) is 26.1. The molecule has 0 saturated heterocycles. The summed E-state index contributed by atoms with van der Waals surface area (Å²) < 4.78 is 13.5. The van der Waals surface area contributed by atoms with Gasteiger partial charge in [0.25, 0.3) is 5.91 Å². The number of benzene rings is 2. The summed E-state index contributed by atoms with van der Waals surface area (Å²) in [5.74, 6) is 0.537. The molecule has 1 amide bonds. The molecule has 2 N–H and O–H groups in total. The van der Waals surface area contributed by atoms with Crippen molar-refractivity contribution in [1.82, 2.24) is 15.5 Å². The van der Waals surface area contributed by atoms with Crippen LogP contribution in [-0.2, 0) is 12.0 Å². The Hall–Kier alpha value is -2.16. The second-order valence-electron chi connectivity index (χ2n) is 8.52. The van der Waals surface area contributed by atoms with Gasteiger partial charge in [0.2, 0.25) is 0 Å². The first-order chi connectivity index (χ1) is 14.9. The summed E-state index contributed by atoms with van der Waals surface area (Å²) in [6, 6.07) is 14.6. The molecular formula is C25H34FIN4O. The largest absolute Gasteiger partial charge is 0.356 e. The number of nitrogens with zero attached hydrogens (tertiary/aromatic N) is 2. The number of rotatable bonds is 6. The van der Waals surface area contributed by atoms with Gasteiger partial charge in [0.05, 0.1) is 0 Å². The lowest BCUT2D eigenvalue weighted by Crippen LogP contribution is -2.46. The monoisotopic (exact) mass is 552 g/mol. The van der Waals surface area contributed by atoms with Crippen molar-refractivity contribution < 1.29 is 9.18 Å². The Morgan fingerprint density at radius 3 is 2.19 bits per heavy atom. The number of amides is 1. The molecule has 0 aliphatic heterocycles. The number of aliphatic imine (C=N–C) groups is 1. The fraction of sp³-hybridized carbons (Fsp3) is 0.440. The SMILES string of the molecule is CN=C(NCc1ccc(C(=O)N(C)C)cc1)NCC1(c2ccc(F)cc2)CCCCC1.I. The molecule has 174 valence electrons. The van der Waals surface area contributed by atoms with E-state index in [0.717, 1.165) is 30.9 Å². The van der Waals surface area contributed by atoms with Crippen molar-refractivity contribution in [1.29, 1.82) is 0 Å². The maximum atomic E-state index is 13.5. The molecule has 32 heavy (non-hydrogen) atoms. The zero-order chi connectivity index (χ0) is 22.3. The summed E-state index contributed by atoms with van der Waals surface area (Å²) in [5.41, 5.74) is 2.94. The van der Waals surface area contributed by atoms with E-state index in [4.69, 9.17) is 0 Å². The highest BCUT2D eigenvalue weighted by Gasteiger charge is 2.34. The van der Waals surface area contributed by atoms with E-state index in [1.165, 1.54) is 24.8 Å². The first-order valence-electron chi connectivity index (χ1n) is 10.9. The lowest BCUT2D eigenvalue weighted by atomic mass is 9.69. The molecule has 1 fully saturated rings. The first-order valence-corrected chi connectivity index (χ1v) is 10.9. The third-order valence-corrected chi connectivity index (χ3v) is 6.15. The normalized spacial score (nSPS) is 15.4. The lowest BCUT2D eigenvalue weighted by Gasteiger charge is -2.38. The highest BCUT2D eigenvalue weighted by atomic mass is 127. The van der Waals surface area contributed by atoms with Crippen LogP contribution in [-0.4, -0.2) is 44.5 Å². The van der Waals surface area contributed by atoms with Crippen molar-refractivity contribution in [3.05, 3.63) is 71.0 Å². The Labute approximate surface area is 207 Å². The Bertz CT molecular complexity index is 891. The van der Waals surface area contributed by atoms with Crippen molar-refractivity contribution in [2.45, 2.75) is 44.1 Å². The van der Waals surface area contributed by atoms with Gasteiger partial charge in [-0.25, -0.2) is 4.39 Å². The van der Waals surface area contributed by atoms with E-state index in [-0.39, 0.29) is 41.1 Å². The van der Waals surface area contributed by atoms with Crippen LogP contribution in [0.5, 0.6) is 0 Å². The van der Waals surface area contributed by atoms with Crippen molar-refractivity contribution in [3.8, 4) is 0 Å². The van der Waals surface area contributed by atoms with E-state index in [0.29, 0.717) is 12.1 Å². The number of halogens is 2. The average Bonchev–Trinajstić information content (AvgIpc) is 2.80. The molecular weight excluding hydrogens is 518 g/mol. The molecule has 7 heteroatoms. The zero-order valence-corrected chi connectivity index (χ0v) is 21.5. The minimum absolute atomic E-state index is 0. The van der Waals surface area contributed by atoms with Crippen LogP contribution in [0.4, 0.5) is 4.39 Å². The molecule has 0 radical (unpaired) electrons. The predicted octanol–water partition coefficient (Wildman–Crippen LogP) is 4.71. The highest BCUT2D eigenvalue weighted by molar-refractivity contribution is 14.0. The Kier molecular flexibility index (Phi) is 9.93. The van der Waals surface area contributed by atoms with Gasteiger partial charge in [-0.15, -0.1) is 24.0 Å². The number of hydrogen-bond donors (Lipinski definition) is 2. The van der Waals surface area contributed by atoms with E-state index < -0.39 is 0 Å². The molecule has 2 aromatic carbocycles. The highest BCUT2D eigenvalue weighted by Crippen LogP contribution is 2.39. The van der Waals surface area contributed by atoms with Crippen LogP contribution in [0.15, 0.2) is 53.5 Å². The molecule has 0 atom stereocenters. The van der Waals surface area contributed by atoms with Crippen molar-refractivity contribution in [3.63, 3.8) is 0 Å². The van der Waals surface area contributed by atoms with E-state index in [9.17, 15) is 9.18 Å². The van der Waals surface area contributed by atoms with Gasteiger partial charge in [-0.3, -0.25) is 9.79 Å². The van der Waals surface area contributed by atoms with Crippen LogP contribution in [0.25, 0.3) is 0 Å². The van der Waals surface area contributed by atoms with Crippen LogP contribution in [0.1, 0.15) is 53.6 Å². The van der Waals surface area contributed by atoms with Crippen LogP contribution < -0.4 is 10.6 Å². The second kappa shape index (κ2) is 12.2. The molecule has 0 aromatic heterocycles. The van der Waals surface area contributed by atoms with Crippen molar-refractivity contribution >= 4 is 35.8 Å². The molecule has 1 aliphatic carbocycles. The Morgan fingerprint density at radius 1 is 1.00 bits per heavy atom. The summed E-state index contributed by atoms with van der Waals surface area (Å²) in [6.45, 7) is 1.37. The predicted molar refractivity (Wildman–Crippen MR) is 139 cm³/mol. The maximum Gasteiger partial charge on any atom is 0.253 e. The summed E-state index contributed by atoms with van der Waals surface area (Å²) in [4.78, 5) is 18.0. The van der Waals surface area contributed by atoms with Crippen LogP contribution in [0.3, 0.4) is 0 Å². The van der Waals surface area contributed by atoms with E-state index in [1.54, 1.807) is 38.2 Å². The molecule has 2 aromatic rings. The number of hydrogen-bond acceptors (Lipinski definition) is 2. The molecule has 0 unspecified atom stereocenters. The van der Waals surface area contributed by atoms with Gasteiger partial charge in [-0.2, -0.15) is 0 Å². The summed E-state index contributed by atoms with van der Waals surface area (Å²) >= 11 is 0. The molecule has 1 saturated carbocycles. The van der Waals surface area contributed by atoms with Gasteiger partial charge < -0.3 is 15.5 Å². The quantitative estimate of drug-likeness (QED) is 0.310. The third-order valence-electron chi connectivity index (χ3n) is 6.15.